The number of hydrogen-bond donors (Lipinski definition) is 0. The molecule has 0 saturated carbocycles. The van der Waals surface area contributed by atoms with Gasteiger partial charge in [0.1, 0.15) is 0 Å². The fourth-order valence-electron chi connectivity index (χ4n) is 3.83. The quantitative estimate of drug-likeness (QED) is 0.458. The number of rotatable bonds is 3. The molecule has 0 aliphatic carbocycles. The molecule has 0 aromatic rings. The fourth-order valence-corrected chi connectivity index (χ4v) is 3.83. The molecule has 180 valence electrons. The smallest absolute Gasteiger partial charge is 0.00188 e. The minimum atomic E-state index is 1.25. The van der Waals surface area contributed by atoms with Crippen LogP contribution in [0.5, 0.6) is 0 Å². The van der Waals surface area contributed by atoms with Crippen molar-refractivity contribution >= 4 is 0 Å². The maximum Gasteiger partial charge on any atom is -0.00188 e. The molecule has 3 saturated heterocycles. The lowest BCUT2D eigenvalue weighted by atomic mass is 10.1. The molecule has 0 amide bonds. The first-order valence-corrected chi connectivity index (χ1v) is 12.5. The van der Waals surface area contributed by atoms with Crippen molar-refractivity contribution in [3.05, 3.63) is 39.5 Å². The van der Waals surface area contributed by atoms with Gasteiger partial charge < -0.3 is 14.7 Å². The van der Waals surface area contributed by atoms with Crippen LogP contribution in [-0.2, 0) is 0 Å². The number of hydrogen-bond acceptors (Lipinski definition) is 3. The molecule has 0 bridgehead atoms. The van der Waals surface area contributed by atoms with Crippen LogP contribution in [0.1, 0.15) is 78.6 Å². The second kappa shape index (κ2) is 30.3. The third-order valence-electron chi connectivity index (χ3n) is 5.69. The zero-order valence-corrected chi connectivity index (χ0v) is 21.3. The van der Waals surface area contributed by atoms with Gasteiger partial charge in [-0.05, 0) is 97.4 Å². The predicted molar refractivity (Wildman–Crippen MR) is 142 cm³/mol. The summed E-state index contributed by atoms with van der Waals surface area (Å²) in [6, 6.07) is 0. The lowest BCUT2D eigenvalue weighted by molar-refractivity contribution is 0.240. The lowest BCUT2D eigenvalue weighted by Crippen LogP contribution is -2.29. The van der Waals surface area contributed by atoms with Gasteiger partial charge in [0.05, 0.1) is 0 Å². The van der Waals surface area contributed by atoms with Crippen molar-refractivity contribution < 1.29 is 0 Å². The molecule has 3 aliphatic heterocycles. The molecule has 0 atom stereocenters. The third-order valence-corrected chi connectivity index (χ3v) is 5.69. The molecule has 3 heterocycles. The highest BCUT2D eigenvalue weighted by atomic mass is 15.1. The molecule has 3 rings (SSSR count). The average Bonchev–Trinajstić information content (AvgIpc) is 2.90. The molecule has 3 fully saturated rings. The molecule has 3 nitrogen and oxygen atoms in total. The van der Waals surface area contributed by atoms with E-state index in [-0.39, 0.29) is 0 Å². The van der Waals surface area contributed by atoms with E-state index in [0.29, 0.717) is 0 Å². The summed E-state index contributed by atoms with van der Waals surface area (Å²) in [6.07, 6.45) is 12.9. The van der Waals surface area contributed by atoms with Crippen molar-refractivity contribution in [2.45, 2.75) is 78.6 Å². The van der Waals surface area contributed by atoms with Gasteiger partial charge in [0.25, 0.3) is 0 Å². The maximum absolute atomic E-state index is 3.00. The van der Waals surface area contributed by atoms with Crippen molar-refractivity contribution in [1.82, 2.24) is 14.7 Å². The average molecular weight is 424 g/mol. The second-order valence-corrected chi connectivity index (χ2v) is 7.48. The molecule has 0 N–H and O–H groups in total. The van der Waals surface area contributed by atoms with Crippen LogP contribution in [0.4, 0.5) is 0 Å². The van der Waals surface area contributed by atoms with Crippen LogP contribution in [-0.4, -0.2) is 73.6 Å². The van der Waals surface area contributed by atoms with Gasteiger partial charge in [-0.1, -0.05) is 40.0 Å². The van der Waals surface area contributed by atoms with E-state index in [0.717, 1.165) is 0 Å². The Labute approximate surface area is 191 Å². The largest absolute Gasteiger partial charge is 0.304 e. The molecule has 0 spiro atoms. The van der Waals surface area contributed by atoms with Gasteiger partial charge in [0.15, 0.2) is 0 Å². The van der Waals surface area contributed by atoms with Crippen molar-refractivity contribution in [2.75, 3.05) is 58.9 Å². The van der Waals surface area contributed by atoms with Crippen LogP contribution in [0.25, 0.3) is 0 Å². The van der Waals surface area contributed by atoms with Crippen molar-refractivity contribution in [2.24, 2.45) is 0 Å². The number of piperidine rings is 3. The Morgan fingerprint density at radius 1 is 0.367 bits per heavy atom. The van der Waals surface area contributed by atoms with E-state index < -0.39 is 0 Å². The molecule has 3 heteroatoms. The summed E-state index contributed by atoms with van der Waals surface area (Å²) in [5.74, 6) is 0. The highest BCUT2D eigenvalue weighted by Crippen LogP contribution is 2.08. The van der Waals surface area contributed by atoms with E-state index in [9.17, 15) is 0 Å². The summed E-state index contributed by atoms with van der Waals surface area (Å²) in [6.45, 7) is 36.5. The van der Waals surface area contributed by atoms with Crippen molar-refractivity contribution in [3.8, 4) is 0 Å². The SMILES string of the molecule is C=C.C=C.C=C.CCN1CCCCC1.CCN1CCCCC1.CCN1CCCCC1. The number of nitrogens with zero attached hydrogens (tertiary/aromatic N) is 3. The molecule has 30 heavy (non-hydrogen) atoms. The summed E-state index contributed by atoms with van der Waals surface area (Å²) in [4.78, 5) is 7.55. The molecule has 0 radical (unpaired) electrons. The third kappa shape index (κ3) is 21.8. The van der Waals surface area contributed by atoms with E-state index >= 15 is 0 Å². The molecule has 3 aliphatic rings. The zero-order chi connectivity index (χ0) is 23.5. The molecule has 0 unspecified atom stereocenters. The van der Waals surface area contributed by atoms with Crippen LogP contribution in [0.3, 0.4) is 0 Å². The Hall–Kier alpha value is -0.900. The summed E-state index contributed by atoms with van der Waals surface area (Å²) in [5, 5.41) is 0. The van der Waals surface area contributed by atoms with Crippen LogP contribution in [0, 0.1) is 0 Å². The molecular weight excluding hydrogens is 366 g/mol. The molecule has 0 aromatic carbocycles. The minimum Gasteiger partial charge on any atom is -0.304 e. The van der Waals surface area contributed by atoms with Gasteiger partial charge in [-0.3, -0.25) is 0 Å². The van der Waals surface area contributed by atoms with Crippen LogP contribution >= 0.6 is 0 Å². The topological polar surface area (TPSA) is 9.72 Å². The summed E-state index contributed by atoms with van der Waals surface area (Å²) in [7, 11) is 0. The van der Waals surface area contributed by atoms with Crippen LogP contribution < -0.4 is 0 Å². The van der Waals surface area contributed by atoms with Gasteiger partial charge in [0, 0.05) is 0 Å². The van der Waals surface area contributed by atoms with Crippen molar-refractivity contribution in [1.29, 1.82) is 0 Å². The molecular formula is C27H57N3. The first kappa shape index (κ1) is 33.7. The minimum absolute atomic E-state index is 1.25. The second-order valence-electron chi connectivity index (χ2n) is 7.48. The van der Waals surface area contributed by atoms with E-state index in [1.54, 1.807) is 0 Å². The summed E-state index contributed by atoms with van der Waals surface area (Å²) >= 11 is 0. The van der Waals surface area contributed by atoms with E-state index in [1.165, 1.54) is 117 Å². The highest BCUT2D eigenvalue weighted by Gasteiger charge is 2.07. The standard InChI is InChI=1S/3C7H15N.3C2H4/c3*1-2-8-6-4-3-5-7-8;3*1-2/h3*2-7H2,1H3;3*1-2H2. The highest BCUT2D eigenvalue weighted by molar-refractivity contribution is 4.62. The Morgan fingerprint density at radius 2 is 0.533 bits per heavy atom. The summed E-state index contributed by atoms with van der Waals surface area (Å²) < 4.78 is 0. The van der Waals surface area contributed by atoms with Gasteiger partial charge >= 0.3 is 0 Å². The lowest BCUT2D eigenvalue weighted by Gasteiger charge is -2.24. The molecule has 0 aromatic heterocycles. The van der Waals surface area contributed by atoms with E-state index in [4.69, 9.17) is 0 Å². The number of likely N-dealkylation sites (tertiary alicyclic amines) is 3. The predicted octanol–water partition coefficient (Wildman–Crippen LogP) is 6.88. The maximum atomic E-state index is 3.00. The van der Waals surface area contributed by atoms with Gasteiger partial charge in [-0.25, -0.2) is 0 Å². The zero-order valence-electron chi connectivity index (χ0n) is 21.3. The fraction of sp³-hybridized carbons (Fsp3) is 0.778. The normalized spacial score (nSPS) is 19.3. The Bertz CT molecular complexity index is 243. The van der Waals surface area contributed by atoms with Gasteiger partial charge in [-0.15, -0.1) is 39.5 Å². The van der Waals surface area contributed by atoms with E-state index in [2.05, 4.69) is 74.9 Å². The van der Waals surface area contributed by atoms with Crippen LogP contribution in [0.15, 0.2) is 39.5 Å². The Balaban J connectivity index is -0.000000323. The van der Waals surface area contributed by atoms with Gasteiger partial charge in [-0.2, -0.15) is 0 Å². The monoisotopic (exact) mass is 423 g/mol. The van der Waals surface area contributed by atoms with Crippen molar-refractivity contribution in [3.63, 3.8) is 0 Å². The summed E-state index contributed by atoms with van der Waals surface area (Å²) in [5.41, 5.74) is 0. The first-order chi connectivity index (χ1) is 14.8. The van der Waals surface area contributed by atoms with Crippen LogP contribution in [0.2, 0.25) is 0 Å². The Morgan fingerprint density at radius 3 is 0.633 bits per heavy atom. The Kier molecular flexibility index (Phi) is 34.1. The first-order valence-electron chi connectivity index (χ1n) is 12.5. The van der Waals surface area contributed by atoms with E-state index in [1.807, 2.05) is 0 Å². The van der Waals surface area contributed by atoms with Gasteiger partial charge in [0.2, 0.25) is 0 Å².